The molecule has 1 saturated heterocycles. The van der Waals surface area contributed by atoms with Gasteiger partial charge in [-0.15, -0.1) is 0 Å². The first-order chi connectivity index (χ1) is 9.97. The van der Waals surface area contributed by atoms with E-state index < -0.39 is 0 Å². The van der Waals surface area contributed by atoms with Gasteiger partial charge < -0.3 is 5.32 Å². The summed E-state index contributed by atoms with van der Waals surface area (Å²) in [6.07, 6.45) is 1.76. The van der Waals surface area contributed by atoms with Crippen LogP contribution in [0.3, 0.4) is 0 Å². The van der Waals surface area contributed by atoms with Crippen molar-refractivity contribution in [3.63, 3.8) is 0 Å². The minimum atomic E-state index is -0.165. The van der Waals surface area contributed by atoms with Gasteiger partial charge in [0, 0.05) is 36.6 Å². The van der Waals surface area contributed by atoms with Crippen LogP contribution in [0, 0.1) is 0 Å². The van der Waals surface area contributed by atoms with Crippen molar-refractivity contribution in [1.82, 2.24) is 10.2 Å². The number of piperidine rings is 1. The summed E-state index contributed by atoms with van der Waals surface area (Å²) in [5.41, 5.74) is 0.652. The molecule has 1 N–H and O–H groups in total. The lowest BCUT2D eigenvalue weighted by Crippen LogP contribution is -2.49. The fraction of sp³-hybridized carbons (Fsp3) is 0.500. The quantitative estimate of drug-likeness (QED) is 0.870. The Kier molecular flexibility index (Phi) is 5.37. The molecule has 0 saturated carbocycles. The van der Waals surface area contributed by atoms with E-state index in [-0.39, 0.29) is 23.8 Å². The molecule has 0 radical (unpaired) electrons. The normalized spacial score (nSPS) is 18.2. The van der Waals surface area contributed by atoms with Gasteiger partial charge in [-0.3, -0.25) is 14.5 Å². The molecule has 1 aromatic rings. The molecule has 1 fully saturated rings. The third kappa shape index (κ3) is 4.29. The summed E-state index contributed by atoms with van der Waals surface area (Å²) in [6, 6.07) is 7.14. The number of Topliss-reactive ketones (excluding diaryl/α,β-unsaturated/α-hetero) is 1. The van der Waals surface area contributed by atoms with Gasteiger partial charge in [-0.1, -0.05) is 23.7 Å². The average molecular weight is 309 g/mol. The van der Waals surface area contributed by atoms with Crippen LogP contribution < -0.4 is 5.32 Å². The molecule has 0 aliphatic carbocycles. The Hall–Kier alpha value is -1.39. The lowest BCUT2D eigenvalue weighted by molar-refractivity contribution is -0.120. The maximum absolute atomic E-state index is 12.5. The highest BCUT2D eigenvalue weighted by atomic mass is 35.5. The summed E-state index contributed by atoms with van der Waals surface area (Å²) >= 11 is 5.94. The Bertz CT molecular complexity index is 525. The number of nitrogens with zero attached hydrogens (tertiary/aromatic N) is 1. The fourth-order valence-corrected chi connectivity index (χ4v) is 2.96. The number of carbonyl (C=O) groups excluding carboxylic acids is 2. The van der Waals surface area contributed by atoms with E-state index in [9.17, 15) is 9.59 Å². The van der Waals surface area contributed by atoms with Crippen molar-refractivity contribution in [1.29, 1.82) is 0 Å². The summed E-state index contributed by atoms with van der Waals surface area (Å²) in [5, 5.41) is 3.52. The van der Waals surface area contributed by atoms with Gasteiger partial charge >= 0.3 is 0 Å². The van der Waals surface area contributed by atoms with Crippen LogP contribution >= 0.6 is 11.6 Å². The lowest BCUT2D eigenvalue weighted by Gasteiger charge is -2.35. The highest BCUT2D eigenvalue weighted by Crippen LogP contribution is 2.18. The molecule has 1 amide bonds. The van der Waals surface area contributed by atoms with E-state index in [1.807, 2.05) is 6.92 Å². The number of likely N-dealkylation sites (tertiary alicyclic amines) is 1. The minimum absolute atomic E-state index is 0.0107. The highest BCUT2D eigenvalue weighted by Gasteiger charge is 2.27. The third-order valence-electron chi connectivity index (χ3n) is 3.97. The van der Waals surface area contributed by atoms with Gasteiger partial charge in [0.2, 0.25) is 5.91 Å². The predicted molar refractivity (Wildman–Crippen MR) is 83.7 cm³/mol. The molecule has 0 aromatic heterocycles. The first-order valence-electron chi connectivity index (χ1n) is 7.28. The van der Waals surface area contributed by atoms with Crippen molar-refractivity contribution in [2.75, 3.05) is 13.1 Å². The molecular formula is C16H21ClN2O2. The topological polar surface area (TPSA) is 49.4 Å². The van der Waals surface area contributed by atoms with Gasteiger partial charge in [-0.05, 0) is 31.9 Å². The van der Waals surface area contributed by atoms with Crippen molar-refractivity contribution in [2.24, 2.45) is 0 Å². The van der Waals surface area contributed by atoms with E-state index in [0.29, 0.717) is 10.6 Å². The van der Waals surface area contributed by atoms with E-state index in [4.69, 9.17) is 11.6 Å². The Morgan fingerprint density at radius 3 is 2.57 bits per heavy atom. The van der Waals surface area contributed by atoms with Crippen molar-refractivity contribution < 1.29 is 9.59 Å². The number of carbonyl (C=O) groups is 2. The SMILES string of the molecule is CC(=O)NC1CCN(C(C)C(=O)c2cccc(Cl)c2)CC1. The van der Waals surface area contributed by atoms with Crippen molar-refractivity contribution in [2.45, 2.75) is 38.8 Å². The van der Waals surface area contributed by atoms with Crippen LogP contribution in [0.25, 0.3) is 0 Å². The van der Waals surface area contributed by atoms with Crippen molar-refractivity contribution >= 4 is 23.3 Å². The summed E-state index contributed by atoms with van der Waals surface area (Å²) in [6.45, 7) is 5.11. The largest absolute Gasteiger partial charge is 0.354 e. The van der Waals surface area contributed by atoms with Gasteiger partial charge in [0.25, 0.3) is 0 Å². The second kappa shape index (κ2) is 7.05. The molecule has 1 atom stereocenters. The zero-order chi connectivity index (χ0) is 15.4. The first kappa shape index (κ1) is 16.0. The molecule has 1 aliphatic heterocycles. The maximum Gasteiger partial charge on any atom is 0.217 e. The van der Waals surface area contributed by atoms with Gasteiger partial charge in [0.05, 0.1) is 6.04 Å². The Morgan fingerprint density at radius 1 is 1.33 bits per heavy atom. The van der Waals surface area contributed by atoms with E-state index in [2.05, 4.69) is 10.2 Å². The molecule has 4 nitrogen and oxygen atoms in total. The van der Waals surface area contributed by atoms with Crippen LogP contribution in [-0.4, -0.2) is 41.8 Å². The number of amides is 1. The molecule has 1 heterocycles. The number of hydrogen-bond acceptors (Lipinski definition) is 3. The molecule has 21 heavy (non-hydrogen) atoms. The number of nitrogens with one attached hydrogen (secondary N) is 1. The molecule has 2 rings (SSSR count). The van der Waals surface area contributed by atoms with E-state index in [1.165, 1.54) is 6.92 Å². The van der Waals surface area contributed by atoms with Gasteiger partial charge in [-0.25, -0.2) is 0 Å². The zero-order valence-electron chi connectivity index (χ0n) is 12.4. The Balaban J connectivity index is 1.94. The predicted octanol–water partition coefficient (Wildman–Crippen LogP) is 2.51. The molecule has 5 heteroatoms. The summed E-state index contributed by atoms with van der Waals surface area (Å²) in [4.78, 5) is 25.7. The molecule has 1 aliphatic rings. The molecule has 1 unspecified atom stereocenters. The molecular weight excluding hydrogens is 288 g/mol. The summed E-state index contributed by atoms with van der Waals surface area (Å²) in [5.74, 6) is 0.104. The monoisotopic (exact) mass is 308 g/mol. The van der Waals surface area contributed by atoms with Crippen LogP contribution in [0.5, 0.6) is 0 Å². The number of ketones is 1. The summed E-state index contributed by atoms with van der Waals surface area (Å²) in [7, 11) is 0. The number of benzene rings is 1. The maximum atomic E-state index is 12.5. The average Bonchev–Trinajstić information content (AvgIpc) is 2.46. The van der Waals surface area contributed by atoms with E-state index in [1.54, 1.807) is 24.3 Å². The Labute approximate surface area is 130 Å². The lowest BCUT2D eigenvalue weighted by atomic mass is 9.99. The van der Waals surface area contributed by atoms with Crippen molar-refractivity contribution in [3.05, 3.63) is 34.9 Å². The van der Waals surface area contributed by atoms with Crippen molar-refractivity contribution in [3.8, 4) is 0 Å². The van der Waals surface area contributed by atoms with E-state index in [0.717, 1.165) is 25.9 Å². The van der Waals surface area contributed by atoms with Crippen LogP contribution in [0.4, 0.5) is 0 Å². The Morgan fingerprint density at radius 2 is 2.00 bits per heavy atom. The highest BCUT2D eigenvalue weighted by molar-refractivity contribution is 6.31. The fourth-order valence-electron chi connectivity index (χ4n) is 2.77. The third-order valence-corrected chi connectivity index (χ3v) is 4.21. The van der Waals surface area contributed by atoms with Gasteiger partial charge in [-0.2, -0.15) is 0 Å². The summed E-state index contributed by atoms with van der Waals surface area (Å²) < 4.78 is 0. The molecule has 1 aromatic carbocycles. The van der Waals surface area contributed by atoms with Gasteiger partial charge in [0.15, 0.2) is 5.78 Å². The van der Waals surface area contributed by atoms with Gasteiger partial charge in [0.1, 0.15) is 0 Å². The number of halogens is 1. The number of hydrogen-bond donors (Lipinski definition) is 1. The zero-order valence-corrected chi connectivity index (χ0v) is 13.2. The standard InChI is InChI=1S/C16H21ClN2O2/c1-11(16(21)13-4-3-5-14(17)10-13)19-8-6-15(7-9-19)18-12(2)20/h3-5,10-11,15H,6-9H2,1-2H3,(H,18,20). The number of rotatable bonds is 4. The van der Waals surface area contributed by atoms with Crippen LogP contribution in [0.1, 0.15) is 37.0 Å². The first-order valence-corrected chi connectivity index (χ1v) is 7.66. The second-order valence-corrected chi connectivity index (χ2v) is 6.00. The second-order valence-electron chi connectivity index (χ2n) is 5.56. The molecule has 0 bridgehead atoms. The van der Waals surface area contributed by atoms with Crippen LogP contribution in [0.15, 0.2) is 24.3 Å². The minimum Gasteiger partial charge on any atom is -0.354 e. The molecule has 0 spiro atoms. The van der Waals surface area contributed by atoms with Crippen LogP contribution in [-0.2, 0) is 4.79 Å². The van der Waals surface area contributed by atoms with Crippen LogP contribution in [0.2, 0.25) is 5.02 Å². The van der Waals surface area contributed by atoms with E-state index >= 15 is 0 Å². The molecule has 114 valence electrons. The smallest absolute Gasteiger partial charge is 0.217 e.